The molecule has 3 rings (SSSR count). The minimum atomic E-state index is 0.783. The summed E-state index contributed by atoms with van der Waals surface area (Å²) in [5, 5.41) is 0. The number of para-hydroxylation sites is 2. The lowest BCUT2D eigenvalue weighted by Crippen LogP contribution is -1.90. The van der Waals surface area contributed by atoms with E-state index in [0.717, 1.165) is 37.3 Å². The molecule has 3 aromatic carbocycles. The van der Waals surface area contributed by atoms with Gasteiger partial charge in [0.05, 0.1) is 7.11 Å². The van der Waals surface area contributed by atoms with Crippen LogP contribution in [-0.4, -0.2) is 7.11 Å². The van der Waals surface area contributed by atoms with Gasteiger partial charge in [-0.05, 0) is 67.8 Å². The molecule has 0 aromatic heterocycles. The summed E-state index contributed by atoms with van der Waals surface area (Å²) in [7, 11) is 1.66. The van der Waals surface area contributed by atoms with E-state index in [1.165, 1.54) is 0 Å². The zero-order chi connectivity index (χ0) is 17.6. The molecule has 2 nitrogen and oxygen atoms in total. The van der Waals surface area contributed by atoms with Crippen molar-refractivity contribution in [3.05, 3.63) is 90.0 Å². The lowest BCUT2D eigenvalue weighted by atomic mass is 10.1. The van der Waals surface area contributed by atoms with Crippen molar-refractivity contribution in [3.8, 4) is 17.2 Å². The number of ether oxygens (including phenoxy) is 2. The Morgan fingerprint density at radius 2 is 1.32 bits per heavy atom. The summed E-state index contributed by atoms with van der Waals surface area (Å²) in [5.74, 6) is 2.41. The molecule has 0 unspecified atom stereocenters. The quantitative estimate of drug-likeness (QED) is 0.378. The summed E-state index contributed by atoms with van der Waals surface area (Å²) in [6.07, 6.45) is 0. The molecule has 25 heavy (non-hydrogen) atoms. The standard InChI is InChI=1S/C21H16Br2O2/c1-24-16-13-11-15(12-14-16)20(22)21(23)18-9-5-6-10-19(18)25-17-7-3-2-4-8-17/h2-14H,1H3/b21-20-. The van der Waals surface area contributed by atoms with Crippen LogP contribution in [0.15, 0.2) is 78.9 Å². The molecule has 0 amide bonds. The molecule has 0 saturated heterocycles. The van der Waals surface area contributed by atoms with Crippen molar-refractivity contribution in [2.24, 2.45) is 0 Å². The van der Waals surface area contributed by atoms with Gasteiger partial charge in [0.2, 0.25) is 0 Å². The van der Waals surface area contributed by atoms with Gasteiger partial charge in [-0.25, -0.2) is 0 Å². The molecule has 0 N–H and O–H groups in total. The van der Waals surface area contributed by atoms with Gasteiger partial charge >= 0.3 is 0 Å². The van der Waals surface area contributed by atoms with E-state index in [4.69, 9.17) is 9.47 Å². The summed E-state index contributed by atoms with van der Waals surface area (Å²) < 4.78 is 13.1. The first-order valence-corrected chi connectivity index (χ1v) is 9.29. The summed E-state index contributed by atoms with van der Waals surface area (Å²) in [5.41, 5.74) is 2.01. The highest BCUT2D eigenvalue weighted by molar-refractivity contribution is 9.18. The van der Waals surface area contributed by atoms with Crippen LogP contribution in [0.4, 0.5) is 0 Å². The highest BCUT2D eigenvalue weighted by Crippen LogP contribution is 2.40. The third-order valence-electron chi connectivity index (χ3n) is 3.63. The van der Waals surface area contributed by atoms with E-state index in [2.05, 4.69) is 31.9 Å². The van der Waals surface area contributed by atoms with Crippen molar-refractivity contribution in [1.82, 2.24) is 0 Å². The molecule has 126 valence electrons. The number of methoxy groups -OCH3 is 1. The van der Waals surface area contributed by atoms with Gasteiger partial charge in [-0.2, -0.15) is 0 Å². The predicted molar refractivity (Wildman–Crippen MR) is 111 cm³/mol. The maximum absolute atomic E-state index is 6.05. The van der Waals surface area contributed by atoms with Gasteiger partial charge in [-0.1, -0.05) is 48.5 Å². The van der Waals surface area contributed by atoms with E-state index >= 15 is 0 Å². The minimum absolute atomic E-state index is 0.783. The van der Waals surface area contributed by atoms with Crippen LogP contribution in [0.5, 0.6) is 17.2 Å². The molecular formula is C21H16Br2O2. The van der Waals surface area contributed by atoms with E-state index in [0.29, 0.717) is 0 Å². The monoisotopic (exact) mass is 458 g/mol. The first kappa shape index (κ1) is 17.8. The van der Waals surface area contributed by atoms with Gasteiger partial charge in [-0.15, -0.1) is 0 Å². The number of hydrogen-bond donors (Lipinski definition) is 0. The third kappa shape index (κ3) is 4.33. The van der Waals surface area contributed by atoms with Gasteiger partial charge in [0, 0.05) is 14.5 Å². The fourth-order valence-electron chi connectivity index (χ4n) is 2.33. The lowest BCUT2D eigenvalue weighted by Gasteiger charge is -2.12. The van der Waals surface area contributed by atoms with Crippen LogP contribution >= 0.6 is 31.9 Å². The van der Waals surface area contributed by atoms with E-state index in [1.54, 1.807) is 7.11 Å². The second-order valence-electron chi connectivity index (χ2n) is 5.27. The molecule has 0 bridgehead atoms. The van der Waals surface area contributed by atoms with Crippen molar-refractivity contribution in [2.75, 3.05) is 7.11 Å². The van der Waals surface area contributed by atoms with E-state index in [1.807, 2.05) is 78.9 Å². The summed E-state index contributed by atoms with van der Waals surface area (Å²) >= 11 is 7.40. The SMILES string of the molecule is COc1ccc(/C(Br)=C(/Br)c2ccccc2Oc2ccccc2)cc1. The van der Waals surface area contributed by atoms with Crippen LogP contribution in [0.2, 0.25) is 0 Å². The number of halogens is 2. The van der Waals surface area contributed by atoms with Crippen molar-refractivity contribution in [2.45, 2.75) is 0 Å². The number of benzene rings is 3. The van der Waals surface area contributed by atoms with Gasteiger partial charge in [0.1, 0.15) is 17.2 Å². The molecule has 0 spiro atoms. The lowest BCUT2D eigenvalue weighted by molar-refractivity contribution is 0.415. The summed E-state index contributed by atoms with van der Waals surface area (Å²) in [4.78, 5) is 0. The zero-order valence-corrected chi connectivity index (χ0v) is 16.7. The Balaban J connectivity index is 1.97. The fourth-order valence-corrected chi connectivity index (χ4v) is 3.37. The van der Waals surface area contributed by atoms with Crippen LogP contribution in [0.1, 0.15) is 11.1 Å². The molecule has 0 aliphatic carbocycles. The average Bonchev–Trinajstić information content (AvgIpc) is 2.68. The van der Waals surface area contributed by atoms with Crippen molar-refractivity contribution < 1.29 is 9.47 Å². The Labute approximate surface area is 164 Å². The Morgan fingerprint density at radius 1 is 0.680 bits per heavy atom. The van der Waals surface area contributed by atoms with Gasteiger partial charge < -0.3 is 9.47 Å². The first-order valence-electron chi connectivity index (χ1n) is 7.71. The van der Waals surface area contributed by atoms with Crippen LogP contribution in [0, 0.1) is 0 Å². The molecule has 0 aliphatic rings. The van der Waals surface area contributed by atoms with E-state index < -0.39 is 0 Å². The van der Waals surface area contributed by atoms with Crippen LogP contribution < -0.4 is 9.47 Å². The summed E-state index contributed by atoms with van der Waals surface area (Å²) in [6, 6.07) is 25.6. The zero-order valence-electron chi connectivity index (χ0n) is 13.6. The van der Waals surface area contributed by atoms with Gasteiger partial charge in [0.15, 0.2) is 0 Å². The molecule has 0 aliphatic heterocycles. The highest BCUT2D eigenvalue weighted by Gasteiger charge is 2.12. The smallest absolute Gasteiger partial charge is 0.135 e. The Morgan fingerprint density at radius 3 is 2.00 bits per heavy atom. The van der Waals surface area contributed by atoms with E-state index in [9.17, 15) is 0 Å². The Hall–Kier alpha value is -2.04. The molecule has 3 aromatic rings. The molecule has 0 heterocycles. The molecule has 0 saturated carbocycles. The maximum atomic E-state index is 6.05. The first-order chi connectivity index (χ1) is 12.2. The third-order valence-corrected chi connectivity index (χ3v) is 5.84. The second kappa shape index (κ2) is 8.37. The topological polar surface area (TPSA) is 18.5 Å². The van der Waals surface area contributed by atoms with Crippen molar-refractivity contribution in [1.29, 1.82) is 0 Å². The largest absolute Gasteiger partial charge is 0.497 e. The van der Waals surface area contributed by atoms with Gasteiger partial charge in [0.25, 0.3) is 0 Å². The van der Waals surface area contributed by atoms with Gasteiger partial charge in [-0.3, -0.25) is 0 Å². The van der Waals surface area contributed by atoms with Crippen LogP contribution in [-0.2, 0) is 0 Å². The molecule has 0 fully saturated rings. The van der Waals surface area contributed by atoms with E-state index in [-0.39, 0.29) is 0 Å². The number of rotatable bonds is 5. The normalized spacial score (nSPS) is 11.6. The average molecular weight is 460 g/mol. The van der Waals surface area contributed by atoms with Crippen molar-refractivity contribution >= 4 is 40.8 Å². The molecule has 0 atom stereocenters. The van der Waals surface area contributed by atoms with Crippen LogP contribution in [0.3, 0.4) is 0 Å². The Kier molecular flexibility index (Phi) is 5.95. The molecule has 4 heteroatoms. The highest BCUT2D eigenvalue weighted by atomic mass is 79.9. The molecular weight excluding hydrogens is 444 g/mol. The summed E-state index contributed by atoms with van der Waals surface area (Å²) in [6.45, 7) is 0. The van der Waals surface area contributed by atoms with Crippen molar-refractivity contribution in [3.63, 3.8) is 0 Å². The fraction of sp³-hybridized carbons (Fsp3) is 0.0476. The maximum Gasteiger partial charge on any atom is 0.135 e. The predicted octanol–water partition coefficient (Wildman–Crippen LogP) is 7.10. The second-order valence-corrected chi connectivity index (χ2v) is 6.85. The minimum Gasteiger partial charge on any atom is -0.497 e. The Bertz CT molecular complexity index is 872. The number of hydrogen-bond acceptors (Lipinski definition) is 2. The van der Waals surface area contributed by atoms with Crippen LogP contribution in [0.25, 0.3) is 8.96 Å². The molecule has 0 radical (unpaired) electrons.